The molecule has 4 rings (SSSR count). The van der Waals surface area contributed by atoms with Crippen LogP contribution in [-0.2, 0) is 23.2 Å². The third kappa shape index (κ3) is 6.01. The van der Waals surface area contributed by atoms with Crippen LogP contribution in [-0.4, -0.2) is 28.1 Å². The fraction of sp³-hybridized carbons (Fsp3) is 0.346. The molecule has 0 N–H and O–H groups in total. The molecule has 1 saturated carbocycles. The van der Waals surface area contributed by atoms with Gasteiger partial charge in [0, 0.05) is 7.05 Å². The van der Waals surface area contributed by atoms with E-state index in [2.05, 4.69) is 10.3 Å². The summed E-state index contributed by atoms with van der Waals surface area (Å²) in [5.41, 5.74) is 2.78. The van der Waals surface area contributed by atoms with E-state index in [4.69, 9.17) is 14.3 Å². The van der Waals surface area contributed by atoms with Crippen LogP contribution in [0, 0.1) is 12.7 Å². The lowest BCUT2D eigenvalue weighted by Gasteiger charge is -2.21. The van der Waals surface area contributed by atoms with E-state index in [-0.39, 0.29) is 24.5 Å². The molecule has 0 amide bonds. The van der Waals surface area contributed by atoms with E-state index in [9.17, 15) is 9.18 Å². The van der Waals surface area contributed by atoms with E-state index >= 15 is 0 Å². The maximum atomic E-state index is 13.2. The number of hydrogen-bond acceptors (Lipinski definition) is 6. The van der Waals surface area contributed by atoms with Crippen LogP contribution in [0.15, 0.2) is 53.7 Å². The van der Waals surface area contributed by atoms with Crippen molar-refractivity contribution in [2.75, 3.05) is 0 Å². The van der Waals surface area contributed by atoms with Gasteiger partial charge in [-0.1, -0.05) is 23.7 Å². The van der Waals surface area contributed by atoms with Gasteiger partial charge in [-0.15, -0.1) is 0 Å². The number of nitrogens with zero attached hydrogens (tertiary/aromatic N) is 3. The van der Waals surface area contributed by atoms with Gasteiger partial charge in [-0.25, -0.2) is 13.9 Å². The Bertz CT molecular complexity index is 1130. The van der Waals surface area contributed by atoms with E-state index < -0.39 is 0 Å². The molecule has 1 heterocycles. The van der Waals surface area contributed by atoms with E-state index in [1.165, 1.54) is 24.8 Å². The zero-order chi connectivity index (χ0) is 23.9. The Morgan fingerprint density at radius 1 is 1.12 bits per heavy atom. The van der Waals surface area contributed by atoms with Crippen LogP contribution >= 0.6 is 0 Å². The first-order chi connectivity index (χ1) is 16.5. The molecule has 0 atom stereocenters. The summed E-state index contributed by atoms with van der Waals surface area (Å²) in [6.07, 6.45) is 6.92. The summed E-state index contributed by atoms with van der Waals surface area (Å²) in [4.78, 5) is 17.8. The molecule has 178 valence electrons. The van der Waals surface area contributed by atoms with E-state index in [0.29, 0.717) is 28.5 Å². The van der Waals surface area contributed by atoms with Crippen LogP contribution in [0.2, 0.25) is 0 Å². The van der Waals surface area contributed by atoms with Crippen LogP contribution in [0.4, 0.5) is 4.39 Å². The topological polar surface area (TPSA) is 74.9 Å². The molecule has 0 saturated heterocycles. The Morgan fingerprint density at radius 2 is 1.82 bits per heavy atom. The smallest absolute Gasteiger partial charge is 0.338 e. The van der Waals surface area contributed by atoms with Crippen molar-refractivity contribution >= 4 is 12.2 Å². The number of carbonyl (C=O) groups excluding carboxylic acids is 1. The van der Waals surface area contributed by atoms with E-state index in [1.807, 2.05) is 19.1 Å². The minimum atomic E-state index is -0.335. The summed E-state index contributed by atoms with van der Waals surface area (Å²) in [6, 6.07) is 12.9. The van der Waals surface area contributed by atoms with Gasteiger partial charge in [0.25, 0.3) is 0 Å². The molecular weight excluding hydrogens is 437 g/mol. The summed E-state index contributed by atoms with van der Waals surface area (Å²) in [7, 11) is 1.75. The first kappa shape index (κ1) is 23.5. The average Bonchev–Trinajstić information content (AvgIpc) is 3.11. The number of oxime groups is 1. The highest BCUT2D eigenvalue weighted by atomic mass is 19.1. The molecule has 7 nitrogen and oxygen atoms in total. The second-order valence-corrected chi connectivity index (χ2v) is 8.35. The molecule has 1 aliphatic carbocycles. The first-order valence-corrected chi connectivity index (χ1v) is 11.4. The third-order valence-corrected chi connectivity index (χ3v) is 5.75. The highest BCUT2D eigenvalue weighted by Gasteiger charge is 2.19. The van der Waals surface area contributed by atoms with Crippen molar-refractivity contribution in [3.63, 3.8) is 0 Å². The van der Waals surface area contributed by atoms with E-state index in [1.54, 1.807) is 36.0 Å². The lowest BCUT2D eigenvalue weighted by atomic mass is 9.98. The Morgan fingerprint density at radius 3 is 2.53 bits per heavy atom. The molecule has 1 fully saturated rings. The standard InChI is InChI=1S/C26H28FN3O4/c1-18-24(25(30(2)29-18)33-23-14-12-21(27)13-15-23)16-28-32-17-19-8-10-20(11-9-19)26(31)34-22-6-4-3-5-7-22/h8-16,22H,3-7,17H2,1-2H3/b28-16+. The van der Waals surface area contributed by atoms with Gasteiger partial charge in [-0.2, -0.15) is 5.10 Å². The normalized spacial score (nSPS) is 14.3. The van der Waals surface area contributed by atoms with Crippen LogP contribution in [0.5, 0.6) is 11.6 Å². The SMILES string of the molecule is Cc1nn(C)c(Oc2ccc(F)cc2)c1/C=N/OCc1ccc(C(=O)OC2CCCCC2)cc1. The van der Waals surface area contributed by atoms with Crippen molar-refractivity contribution in [2.45, 2.75) is 51.7 Å². The lowest BCUT2D eigenvalue weighted by Crippen LogP contribution is -2.20. The van der Waals surface area contributed by atoms with Crippen molar-refractivity contribution in [3.8, 4) is 11.6 Å². The summed E-state index contributed by atoms with van der Waals surface area (Å²) in [5.74, 6) is 0.343. The molecular formula is C26H28FN3O4. The fourth-order valence-electron chi connectivity index (χ4n) is 3.88. The Hall–Kier alpha value is -3.68. The molecule has 1 aromatic heterocycles. The first-order valence-electron chi connectivity index (χ1n) is 11.4. The molecule has 34 heavy (non-hydrogen) atoms. The number of aryl methyl sites for hydroxylation is 2. The van der Waals surface area contributed by atoms with Crippen molar-refractivity contribution in [3.05, 3.63) is 76.7 Å². The molecule has 0 radical (unpaired) electrons. The number of rotatable bonds is 8. The molecule has 0 aliphatic heterocycles. The van der Waals surface area contributed by atoms with Gasteiger partial charge in [0.1, 0.15) is 24.3 Å². The number of aromatic nitrogens is 2. The van der Waals surface area contributed by atoms with Gasteiger partial charge in [0.05, 0.1) is 23.0 Å². The summed E-state index contributed by atoms with van der Waals surface area (Å²) in [6.45, 7) is 2.08. The van der Waals surface area contributed by atoms with E-state index in [0.717, 1.165) is 31.2 Å². The summed E-state index contributed by atoms with van der Waals surface area (Å²) in [5, 5.41) is 8.41. The zero-order valence-electron chi connectivity index (χ0n) is 19.4. The molecule has 2 aromatic carbocycles. The van der Waals surface area contributed by atoms with Gasteiger partial charge in [-0.3, -0.25) is 0 Å². The third-order valence-electron chi connectivity index (χ3n) is 5.75. The minimum absolute atomic E-state index is 0.0338. The second-order valence-electron chi connectivity index (χ2n) is 8.35. The Labute approximate surface area is 198 Å². The Kier molecular flexibility index (Phi) is 7.57. The lowest BCUT2D eigenvalue weighted by molar-refractivity contribution is 0.0211. The molecule has 0 bridgehead atoms. The van der Waals surface area contributed by atoms with Crippen molar-refractivity contribution in [1.82, 2.24) is 9.78 Å². The molecule has 8 heteroatoms. The molecule has 3 aromatic rings. The van der Waals surface area contributed by atoms with Gasteiger partial charge in [0.2, 0.25) is 5.88 Å². The summed E-state index contributed by atoms with van der Waals surface area (Å²) < 4.78 is 26.2. The summed E-state index contributed by atoms with van der Waals surface area (Å²) >= 11 is 0. The molecule has 0 spiro atoms. The van der Waals surface area contributed by atoms with Crippen molar-refractivity contribution in [2.24, 2.45) is 12.2 Å². The highest BCUT2D eigenvalue weighted by molar-refractivity contribution is 5.89. The monoisotopic (exact) mass is 465 g/mol. The van der Waals surface area contributed by atoms with Gasteiger partial charge in [-0.05, 0) is 74.6 Å². The van der Waals surface area contributed by atoms with Crippen LogP contribution in [0.25, 0.3) is 0 Å². The number of esters is 1. The van der Waals surface area contributed by atoms with Crippen molar-refractivity contribution in [1.29, 1.82) is 0 Å². The number of ether oxygens (including phenoxy) is 2. The minimum Gasteiger partial charge on any atom is -0.459 e. The number of benzene rings is 2. The predicted octanol–water partition coefficient (Wildman–Crippen LogP) is 5.70. The van der Waals surface area contributed by atoms with Gasteiger partial charge < -0.3 is 14.3 Å². The van der Waals surface area contributed by atoms with Crippen molar-refractivity contribution < 1.29 is 23.5 Å². The zero-order valence-corrected chi connectivity index (χ0v) is 19.4. The number of hydrogen-bond donors (Lipinski definition) is 0. The van der Waals surface area contributed by atoms with Crippen LogP contribution < -0.4 is 4.74 Å². The quantitative estimate of drug-likeness (QED) is 0.242. The fourth-order valence-corrected chi connectivity index (χ4v) is 3.88. The number of carbonyl (C=O) groups is 1. The number of halogens is 1. The second kappa shape index (κ2) is 11.0. The average molecular weight is 466 g/mol. The molecule has 1 aliphatic rings. The van der Waals surface area contributed by atoms with Crippen LogP contribution in [0.1, 0.15) is 59.3 Å². The molecule has 0 unspecified atom stereocenters. The Balaban J connectivity index is 1.32. The van der Waals surface area contributed by atoms with Gasteiger partial charge >= 0.3 is 5.97 Å². The largest absolute Gasteiger partial charge is 0.459 e. The maximum Gasteiger partial charge on any atom is 0.338 e. The predicted molar refractivity (Wildman–Crippen MR) is 126 cm³/mol. The van der Waals surface area contributed by atoms with Crippen LogP contribution in [0.3, 0.4) is 0 Å². The maximum absolute atomic E-state index is 13.2. The highest BCUT2D eigenvalue weighted by Crippen LogP contribution is 2.26. The van der Waals surface area contributed by atoms with Gasteiger partial charge in [0.15, 0.2) is 0 Å².